The average Bonchev–Trinajstić information content (AvgIpc) is 2.40. The number of hydrogen-bond donors (Lipinski definition) is 1. The third-order valence-corrected chi connectivity index (χ3v) is 3.02. The van der Waals surface area contributed by atoms with Crippen LogP contribution in [0, 0.1) is 0 Å². The summed E-state index contributed by atoms with van der Waals surface area (Å²) in [6.07, 6.45) is 0. The molecule has 0 atom stereocenters. The Labute approximate surface area is 115 Å². The smallest absolute Gasteiger partial charge is 0.189 e. The molecule has 0 aliphatic rings. The Bertz CT molecular complexity index is 502. The van der Waals surface area contributed by atoms with Crippen LogP contribution in [0.2, 0.25) is 0 Å². The van der Waals surface area contributed by atoms with Gasteiger partial charge >= 0.3 is 0 Å². The minimum atomic E-state index is 0.191. The van der Waals surface area contributed by atoms with Gasteiger partial charge in [-0.3, -0.25) is 0 Å². The molecular formula is C14H14BrNO2. The van der Waals surface area contributed by atoms with Gasteiger partial charge in [0, 0.05) is 11.8 Å². The molecule has 0 radical (unpaired) electrons. The Morgan fingerprint density at radius 2 is 1.83 bits per heavy atom. The van der Waals surface area contributed by atoms with Crippen LogP contribution in [0.25, 0.3) is 0 Å². The van der Waals surface area contributed by atoms with Crippen molar-refractivity contribution in [1.29, 1.82) is 0 Å². The minimum Gasteiger partial charge on any atom is -0.466 e. The molecule has 0 fully saturated rings. The first-order chi connectivity index (χ1) is 8.75. The van der Waals surface area contributed by atoms with Crippen molar-refractivity contribution >= 4 is 21.6 Å². The highest BCUT2D eigenvalue weighted by molar-refractivity contribution is 9.10. The Kier molecular flexibility index (Phi) is 4.61. The van der Waals surface area contributed by atoms with Gasteiger partial charge in [-0.05, 0) is 33.6 Å². The lowest BCUT2D eigenvalue weighted by Crippen LogP contribution is -2.03. The fraction of sp³-hybridized carbons (Fsp3) is 0.143. The normalized spacial score (nSPS) is 10.3. The van der Waals surface area contributed by atoms with Crippen LogP contribution in [0.4, 0.5) is 5.69 Å². The molecule has 0 unspecified atom stereocenters. The van der Waals surface area contributed by atoms with E-state index in [1.54, 1.807) is 6.07 Å². The first kappa shape index (κ1) is 12.9. The van der Waals surface area contributed by atoms with E-state index in [9.17, 15) is 0 Å². The van der Waals surface area contributed by atoms with E-state index >= 15 is 0 Å². The summed E-state index contributed by atoms with van der Waals surface area (Å²) in [5.74, 6) is 0.683. The third kappa shape index (κ3) is 3.75. The van der Waals surface area contributed by atoms with Gasteiger partial charge in [0.25, 0.3) is 0 Å². The lowest BCUT2D eigenvalue weighted by Gasteiger charge is -2.09. The molecule has 0 amide bonds. The van der Waals surface area contributed by atoms with Crippen LogP contribution in [0.5, 0.6) is 5.75 Å². The number of hydrogen-bond acceptors (Lipinski definition) is 3. The zero-order valence-electron chi connectivity index (χ0n) is 9.80. The van der Waals surface area contributed by atoms with E-state index in [-0.39, 0.29) is 6.79 Å². The lowest BCUT2D eigenvalue weighted by atomic mass is 10.2. The Hall–Kier alpha value is -1.52. The molecule has 18 heavy (non-hydrogen) atoms. The van der Waals surface area contributed by atoms with Gasteiger partial charge in [0.15, 0.2) is 6.79 Å². The molecule has 0 aliphatic carbocycles. The van der Waals surface area contributed by atoms with Crippen LogP contribution < -0.4 is 10.5 Å². The number of nitrogen functional groups attached to an aromatic ring is 1. The zero-order chi connectivity index (χ0) is 12.8. The number of halogens is 1. The molecule has 0 spiro atoms. The van der Waals surface area contributed by atoms with Gasteiger partial charge in [-0.15, -0.1) is 0 Å². The van der Waals surface area contributed by atoms with Gasteiger partial charge in [-0.25, -0.2) is 0 Å². The molecule has 3 nitrogen and oxygen atoms in total. The van der Waals surface area contributed by atoms with Crippen LogP contribution >= 0.6 is 15.9 Å². The Morgan fingerprint density at radius 1 is 1.06 bits per heavy atom. The maximum Gasteiger partial charge on any atom is 0.189 e. The lowest BCUT2D eigenvalue weighted by molar-refractivity contribution is 0.00467. The first-order valence-corrected chi connectivity index (χ1v) is 6.34. The van der Waals surface area contributed by atoms with Crippen LogP contribution in [-0.4, -0.2) is 6.79 Å². The number of anilines is 1. The fourth-order valence-electron chi connectivity index (χ4n) is 1.47. The van der Waals surface area contributed by atoms with E-state index in [2.05, 4.69) is 15.9 Å². The highest BCUT2D eigenvalue weighted by atomic mass is 79.9. The molecule has 2 aromatic carbocycles. The quantitative estimate of drug-likeness (QED) is 0.521. The average molecular weight is 308 g/mol. The van der Waals surface area contributed by atoms with Crippen molar-refractivity contribution in [3.63, 3.8) is 0 Å². The summed E-state index contributed by atoms with van der Waals surface area (Å²) in [5, 5.41) is 0. The molecule has 94 valence electrons. The summed E-state index contributed by atoms with van der Waals surface area (Å²) in [6.45, 7) is 0.720. The predicted octanol–water partition coefficient (Wildman–Crippen LogP) is 3.58. The van der Waals surface area contributed by atoms with Gasteiger partial charge in [0.2, 0.25) is 0 Å². The summed E-state index contributed by atoms with van der Waals surface area (Å²) in [7, 11) is 0. The molecule has 4 heteroatoms. The summed E-state index contributed by atoms with van der Waals surface area (Å²) in [4.78, 5) is 0. The molecule has 0 saturated heterocycles. The van der Waals surface area contributed by atoms with Crippen molar-refractivity contribution in [3.05, 3.63) is 58.6 Å². The fourth-order valence-corrected chi connectivity index (χ4v) is 1.83. The SMILES string of the molecule is Nc1ccc(Br)c(OCOCc2ccccc2)c1. The Morgan fingerprint density at radius 3 is 2.61 bits per heavy atom. The minimum absolute atomic E-state index is 0.191. The van der Waals surface area contributed by atoms with Crippen LogP contribution in [0.15, 0.2) is 53.0 Å². The third-order valence-electron chi connectivity index (χ3n) is 2.36. The Balaban J connectivity index is 1.80. The second kappa shape index (κ2) is 6.42. The van der Waals surface area contributed by atoms with Crippen molar-refractivity contribution in [2.75, 3.05) is 12.5 Å². The molecule has 2 rings (SSSR count). The van der Waals surface area contributed by atoms with E-state index in [1.807, 2.05) is 42.5 Å². The highest BCUT2D eigenvalue weighted by Crippen LogP contribution is 2.26. The largest absolute Gasteiger partial charge is 0.466 e. The van der Waals surface area contributed by atoms with Crippen molar-refractivity contribution in [2.24, 2.45) is 0 Å². The molecule has 2 aromatic rings. The molecule has 0 saturated carbocycles. The zero-order valence-corrected chi connectivity index (χ0v) is 11.4. The van der Waals surface area contributed by atoms with E-state index in [0.717, 1.165) is 10.0 Å². The summed E-state index contributed by atoms with van der Waals surface area (Å²) >= 11 is 3.39. The van der Waals surface area contributed by atoms with Crippen molar-refractivity contribution in [1.82, 2.24) is 0 Å². The second-order valence-electron chi connectivity index (χ2n) is 3.79. The van der Waals surface area contributed by atoms with Gasteiger partial charge in [-0.2, -0.15) is 0 Å². The maximum absolute atomic E-state index is 5.68. The summed E-state index contributed by atoms with van der Waals surface area (Å²) in [5.41, 5.74) is 7.46. The van der Waals surface area contributed by atoms with Crippen molar-refractivity contribution in [2.45, 2.75) is 6.61 Å². The second-order valence-corrected chi connectivity index (χ2v) is 4.64. The molecule has 0 heterocycles. The molecular weight excluding hydrogens is 294 g/mol. The van der Waals surface area contributed by atoms with E-state index in [4.69, 9.17) is 15.2 Å². The van der Waals surface area contributed by atoms with Gasteiger partial charge in [-0.1, -0.05) is 30.3 Å². The van der Waals surface area contributed by atoms with Crippen LogP contribution in [0.1, 0.15) is 5.56 Å². The van der Waals surface area contributed by atoms with E-state index in [1.165, 1.54) is 0 Å². The standard InChI is InChI=1S/C14H14BrNO2/c15-13-7-6-12(16)8-14(13)18-10-17-9-11-4-2-1-3-5-11/h1-8H,9-10,16H2. The predicted molar refractivity (Wildman–Crippen MR) is 75.3 cm³/mol. The van der Waals surface area contributed by atoms with Gasteiger partial charge in [0.05, 0.1) is 11.1 Å². The van der Waals surface area contributed by atoms with E-state index in [0.29, 0.717) is 18.0 Å². The van der Waals surface area contributed by atoms with Crippen LogP contribution in [-0.2, 0) is 11.3 Å². The first-order valence-electron chi connectivity index (χ1n) is 5.55. The highest BCUT2D eigenvalue weighted by Gasteiger charge is 2.01. The number of benzene rings is 2. The van der Waals surface area contributed by atoms with Crippen molar-refractivity contribution < 1.29 is 9.47 Å². The maximum atomic E-state index is 5.68. The monoisotopic (exact) mass is 307 g/mol. The van der Waals surface area contributed by atoms with Gasteiger partial charge < -0.3 is 15.2 Å². The number of ether oxygens (including phenoxy) is 2. The molecule has 0 bridgehead atoms. The molecule has 2 N–H and O–H groups in total. The number of rotatable bonds is 5. The summed E-state index contributed by atoms with van der Waals surface area (Å²) < 4.78 is 11.8. The van der Waals surface area contributed by atoms with Gasteiger partial charge in [0.1, 0.15) is 5.75 Å². The molecule has 0 aromatic heterocycles. The summed E-state index contributed by atoms with van der Waals surface area (Å²) in [6, 6.07) is 15.4. The van der Waals surface area contributed by atoms with Crippen molar-refractivity contribution in [3.8, 4) is 5.75 Å². The number of nitrogens with two attached hydrogens (primary N) is 1. The molecule has 0 aliphatic heterocycles. The van der Waals surface area contributed by atoms with Crippen LogP contribution in [0.3, 0.4) is 0 Å². The topological polar surface area (TPSA) is 44.5 Å². The van der Waals surface area contributed by atoms with E-state index < -0.39 is 0 Å².